The SMILES string of the molecule is C[Si](C)(C)C#Cc1ccc2c(c1)COC2=O. The smallest absolute Gasteiger partial charge is 0.338 e. The number of carbonyl (C=O) groups is 1. The van der Waals surface area contributed by atoms with Crippen LogP contribution in [0.3, 0.4) is 0 Å². The molecule has 0 saturated carbocycles. The minimum absolute atomic E-state index is 0.222. The van der Waals surface area contributed by atoms with Gasteiger partial charge in [-0.2, -0.15) is 0 Å². The molecule has 1 aliphatic rings. The van der Waals surface area contributed by atoms with Gasteiger partial charge in [0.15, 0.2) is 0 Å². The zero-order valence-electron chi connectivity index (χ0n) is 9.76. The van der Waals surface area contributed by atoms with Crippen molar-refractivity contribution in [1.82, 2.24) is 0 Å². The molecule has 1 aromatic rings. The van der Waals surface area contributed by atoms with Crippen molar-refractivity contribution in [2.75, 3.05) is 0 Å². The third kappa shape index (κ3) is 2.34. The maximum absolute atomic E-state index is 11.2. The fraction of sp³-hybridized carbons (Fsp3) is 0.308. The summed E-state index contributed by atoms with van der Waals surface area (Å²) in [6, 6.07) is 5.64. The van der Waals surface area contributed by atoms with E-state index in [0.29, 0.717) is 12.2 Å². The molecule has 16 heavy (non-hydrogen) atoms. The monoisotopic (exact) mass is 230 g/mol. The lowest BCUT2D eigenvalue weighted by molar-refractivity contribution is 0.0535. The van der Waals surface area contributed by atoms with Gasteiger partial charge in [0.05, 0.1) is 5.56 Å². The quantitative estimate of drug-likeness (QED) is 0.389. The topological polar surface area (TPSA) is 26.3 Å². The first-order valence-electron chi connectivity index (χ1n) is 5.29. The van der Waals surface area contributed by atoms with Crippen LogP contribution < -0.4 is 0 Å². The van der Waals surface area contributed by atoms with Crippen molar-refractivity contribution in [2.24, 2.45) is 0 Å². The minimum Gasteiger partial charge on any atom is -0.457 e. The van der Waals surface area contributed by atoms with Crippen LogP contribution in [-0.4, -0.2) is 14.0 Å². The lowest BCUT2D eigenvalue weighted by Crippen LogP contribution is -2.16. The van der Waals surface area contributed by atoms with E-state index in [1.54, 1.807) is 6.07 Å². The van der Waals surface area contributed by atoms with Crippen molar-refractivity contribution in [3.05, 3.63) is 34.9 Å². The molecular weight excluding hydrogens is 216 g/mol. The summed E-state index contributed by atoms with van der Waals surface area (Å²) in [7, 11) is -1.34. The highest BCUT2D eigenvalue weighted by Gasteiger charge is 2.20. The van der Waals surface area contributed by atoms with Gasteiger partial charge in [-0.15, -0.1) is 5.54 Å². The van der Waals surface area contributed by atoms with Gasteiger partial charge >= 0.3 is 5.97 Å². The van der Waals surface area contributed by atoms with Crippen LogP contribution in [0, 0.1) is 11.5 Å². The van der Waals surface area contributed by atoms with Crippen LogP contribution in [0.5, 0.6) is 0 Å². The number of hydrogen-bond acceptors (Lipinski definition) is 2. The number of ether oxygens (including phenoxy) is 1. The molecule has 0 N–H and O–H groups in total. The second-order valence-electron chi connectivity index (χ2n) is 4.95. The van der Waals surface area contributed by atoms with E-state index >= 15 is 0 Å². The molecule has 0 spiro atoms. The van der Waals surface area contributed by atoms with E-state index in [1.165, 1.54) is 0 Å². The Morgan fingerprint density at radius 1 is 1.31 bits per heavy atom. The maximum Gasteiger partial charge on any atom is 0.338 e. The molecule has 1 aliphatic heterocycles. The van der Waals surface area contributed by atoms with E-state index in [-0.39, 0.29) is 5.97 Å². The van der Waals surface area contributed by atoms with Crippen LogP contribution in [0.15, 0.2) is 18.2 Å². The number of carbonyl (C=O) groups excluding carboxylic acids is 1. The molecule has 0 fully saturated rings. The molecule has 1 aromatic carbocycles. The summed E-state index contributed by atoms with van der Waals surface area (Å²) in [4.78, 5) is 11.2. The Balaban J connectivity index is 2.32. The highest BCUT2D eigenvalue weighted by molar-refractivity contribution is 6.83. The van der Waals surface area contributed by atoms with Gasteiger partial charge in [0.1, 0.15) is 14.7 Å². The van der Waals surface area contributed by atoms with Crippen LogP contribution in [0.2, 0.25) is 19.6 Å². The fourth-order valence-electron chi connectivity index (χ4n) is 1.47. The zero-order valence-corrected chi connectivity index (χ0v) is 10.8. The molecule has 3 heteroatoms. The predicted molar refractivity (Wildman–Crippen MR) is 65.8 cm³/mol. The number of esters is 1. The molecule has 2 nitrogen and oxygen atoms in total. The van der Waals surface area contributed by atoms with Crippen molar-refractivity contribution in [3.8, 4) is 11.5 Å². The molecule has 0 amide bonds. The summed E-state index contributed by atoms with van der Waals surface area (Å²) in [5.74, 6) is 2.95. The van der Waals surface area contributed by atoms with Gasteiger partial charge < -0.3 is 4.74 Å². The van der Waals surface area contributed by atoms with E-state index in [1.807, 2.05) is 12.1 Å². The second kappa shape index (κ2) is 3.80. The van der Waals surface area contributed by atoms with E-state index in [2.05, 4.69) is 31.1 Å². The highest BCUT2D eigenvalue weighted by Crippen LogP contribution is 2.20. The zero-order chi connectivity index (χ0) is 11.8. The van der Waals surface area contributed by atoms with Crippen molar-refractivity contribution in [2.45, 2.75) is 26.2 Å². The lowest BCUT2D eigenvalue weighted by Gasteiger charge is -2.03. The van der Waals surface area contributed by atoms with Gasteiger partial charge in [0, 0.05) is 11.1 Å². The van der Waals surface area contributed by atoms with Gasteiger partial charge in [-0.05, 0) is 18.2 Å². The Morgan fingerprint density at radius 2 is 2.06 bits per heavy atom. The molecule has 2 rings (SSSR count). The summed E-state index contributed by atoms with van der Waals surface area (Å²) >= 11 is 0. The first kappa shape index (κ1) is 11.0. The first-order valence-corrected chi connectivity index (χ1v) is 8.79. The number of rotatable bonds is 0. The molecule has 0 radical (unpaired) electrons. The van der Waals surface area contributed by atoms with Crippen LogP contribution in [0.4, 0.5) is 0 Å². The van der Waals surface area contributed by atoms with Crippen LogP contribution in [0.1, 0.15) is 21.5 Å². The number of fused-ring (bicyclic) bond motifs is 1. The Labute approximate surface area is 96.6 Å². The van der Waals surface area contributed by atoms with Gasteiger partial charge in [-0.1, -0.05) is 25.6 Å². The van der Waals surface area contributed by atoms with E-state index < -0.39 is 8.07 Å². The minimum atomic E-state index is -1.34. The van der Waals surface area contributed by atoms with Crippen molar-refractivity contribution in [3.63, 3.8) is 0 Å². The number of benzene rings is 1. The third-order valence-electron chi connectivity index (χ3n) is 2.27. The Kier molecular flexibility index (Phi) is 2.61. The first-order chi connectivity index (χ1) is 7.46. The molecule has 0 unspecified atom stereocenters. The summed E-state index contributed by atoms with van der Waals surface area (Å²) in [5.41, 5.74) is 5.91. The molecular formula is C13H14O2Si. The summed E-state index contributed by atoms with van der Waals surface area (Å²) < 4.78 is 4.95. The van der Waals surface area contributed by atoms with Crippen LogP contribution in [0.25, 0.3) is 0 Å². The van der Waals surface area contributed by atoms with Crippen molar-refractivity contribution in [1.29, 1.82) is 0 Å². The molecule has 0 atom stereocenters. The lowest BCUT2D eigenvalue weighted by atomic mass is 10.1. The van der Waals surface area contributed by atoms with E-state index in [0.717, 1.165) is 11.1 Å². The largest absolute Gasteiger partial charge is 0.457 e. The molecule has 82 valence electrons. The second-order valence-corrected chi connectivity index (χ2v) is 9.70. The molecule has 0 aliphatic carbocycles. The third-order valence-corrected chi connectivity index (χ3v) is 3.14. The normalized spacial score (nSPS) is 13.8. The van der Waals surface area contributed by atoms with Gasteiger partial charge in [0.2, 0.25) is 0 Å². The molecule has 0 bridgehead atoms. The van der Waals surface area contributed by atoms with Gasteiger partial charge in [-0.3, -0.25) is 0 Å². The fourth-order valence-corrected chi connectivity index (χ4v) is 1.99. The number of cyclic esters (lactones) is 1. The average Bonchev–Trinajstić information content (AvgIpc) is 2.56. The van der Waals surface area contributed by atoms with E-state index in [4.69, 9.17) is 4.74 Å². The molecule has 1 heterocycles. The number of hydrogen-bond donors (Lipinski definition) is 0. The summed E-state index contributed by atoms with van der Waals surface area (Å²) in [6.45, 7) is 7.01. The van der Waals surface area contributed by atoms with E-state index in [9.17, 15) is 4.79 Å². The van der Waals surface area contributed by atoms with Crippen molar-refractivity contribution < 1.29 is 9.53 Å². The predicted octanol–water partition coefficient (Wildman–Crippen LogP) is 2.59. The maximum atomic E-state index is 11.2. The van der Waals surface area contributed by atoms with Crippen molar-refractivity contribution >= 4 is 14.0 Å². The summed E-state index contributed by atoms with van der Waals surface area (Å²) in [6.07, 6.45) is 0. The van der Waals surface area contributed by atoms with Gasteiger partial charge in [-0.25, -0.2) is 4.79 Å². The molecule has 0 saturated heterocycles. The Hall–Kier alpha value is -1.53. The Bertz CT molecular complexity index is 501. The Morgan fingerprint density at radius 3 is 2.75 bits per heavy atom. The van der Waals surface area contributed by atoms with Crippen LogP contribution in [-0.2, 0) is 11.3 Å². The standard InChI is InChI=1S/C13H14O2Si/c1-16(2,3)7-6-10-4-5-12-11(8-10)9-15-13(12)14/h4-5,8H,9H2,1-3H3. The summed E-state index contributed by atoms with van der Waals surface area (Å²) in [5, 5.41) is 0. The average molecular weight is 230 g/mol. The van der Waals surface area contributed by atoms with Gasteiger partial charge in [0.25, 0.3) is 0 Å². The highest BCUT2D eigenvalue weighted by atomic mass is 28.3. The van der Waals surface area contributed by atoms with Crippen LogP contribution >= 0.6 is 0 Å². The molecule has 0 aromatic heterocycles.